The highest BCUT2D eigenvalue weighted by Crippen LogP contribution is 2.57. The molecule has 0 saturated carbocycles. The second-order valence-electron chi connectivity index (χ2n) is 9.65. The first-order valence-corrected chi connectivity index (χ1v) is 14.1. The molecule has 0 bridgehead atoms. The van der Waals surface area contributed by atoms with Gasteiger partial charge in [0, 0.05) is 50.9 Å². The van der Waals surface area contributed by atoms with Crippen LogP contribution in [0.3, 0.4) is 0 Å². The number of hydrogen-bond donors (Lipinski definition) is 3. The number of amides is 1. The van der Waals surface area contributed by atoms with Gasteiger partial charge in [-0.05, 0) is 48.9 Å². The Morgan fingerprint density at radius 2 is 1.68 bits per heavy atom. The number of nitrogens with zero attached hydrogens (tertiary/aromatic N) is 1. The van der Waals surface area contributed by atoms with E-state index < -0.39 is 17.6 Å². The minimum atomic E-state index is -1.27. The van der Waals surface area contributed by atoms with E-state index in [1.54, 1.807) is 40.6 Å². The molecule has 1 saturated heterocycles. The molecule has 4 aliphatic heterocycles. The molecule has 1 spiro atoms. The van der Waals surface area contributed by atoms with Gasteiger partial charge < -0.3 is 30.3 Å². The van der Waals surface area contributed by atoms with Gasteiger partial charge >= 0.3 is 5.97 Å². The van der Waals surface area contributed by atoms with Gasteiger partial charge in [-0.2, -0.15) is 0 Å². The standard InChI is InChI=1S/C28H22N2O6S2/c1-13-14(12-38-26-24(29)25(33)30(13)26)11-37-17-4-7-19-18(10-17)27(34)36-28(19)20-5-2-15(31)8-22(20)35-23-9-16(32)3-6-21(23)28/h2-10,24,26,31-32H,11-12,29H2,1H3. The van der Waals surface area contributed by atoms with Gasteiger partial charge in [-0.3, -0.25) is 4.79 Å². The number of phenolic OH excluding ortho intramolecular Hbond substituents is 2. The lowest BCUT2D eigenvalue weighted by molar-refractivity contribution is -0.141. The highest BCUT2D eigenvalue weighted by molar-refractivity contribution is 8.01. The zero-order valence-electron chi connectivity index (χ0n) is 20.1. The molecule has 10 heteroatoms. The summed E-state index contributed by atoms with van der Waals surface area (Å²) in [5.74, 6) is 1.71. The van der Waals surface area contributed by atoms with Crippen molar-refractivity contribution >= 4 is 35.4 Å². The Hall–Kier alpha value is -3.60. The molecule has 192 valence electrons. The molecule has 0 aromatic heterocycles. The molecule has 3 aromatic rings. The van der Waals surface area contributed by atoms with Gasteiger partial charge in [0.1, 0.15) is 34.4 Å². The van der Waals surface area contributed by atoms with Gasteiger partial charge in [0.05, 0.1) is 5.56 Å². The Kier molecular flexibility index (Phi) is 5.07. The van der Waals surface area contributed by atoms with E-state index in [-0.39, 0.29) is 22.8 Å². The summed E-state index contributed by atoms with van der Waals surface area (Å²) in [5, 5.41) is 20.2. The van der Waals surface area contributed by atoms with E-state index in [0.717, 1.165) is 16.3 Å². The molecule has 1 amide bonds. The number of phenols is 2. The summed E-state index contributed by atoms with van der Waals surface area (Å²) in [6.07, 6.45) is 0. The minimum absolute atomic E-state index is 0.0116. The van der Waals surface area contributed by atoms with Crippen LogP contribution in [0.4, 0.5) is 0 Å². The molecule has 2 unspecified atom stereocenters. The topological polar surface area (TPSA) is 122 Å². The van der Waals surface area contributed by atoms with E-state index >= 15 is 0 Å². The molecule has 7 rings (SSSR count). The number of β-lactam (4-membered cyclic amide) rings is 1. The third-order valence-corrected chi connectivity index (χ3v) is 9.98. The number of carbonyl (C=O) groups excluding carboxylic acids is 2. The number of fused-ring (bicyclic) bond motifs is 7. The van der Waals surface area contributed by atoms with Crippen molar-refractivity contribution in [2.45, 2.75) is 28.8 Å². The normalized spacial score (nSPS) is 22.2. The number of ether oxygens (including phenoxy) is 2. The molecule has 8 nitrogen and oxygen atoms in total. The summed E-state index contributed by atoms with van der Waals surface area (Å²) in [5.41, 5.74) is 9.09. The molecule has 3 aromatic carbocycles. The largest absolute Gasteiger partial charge is 0.508 e. The number of hydrogen-bond acceptors (Lipinski definition) is 9. The van der Waals surface area contributed by atoms with E-state index in [1.807, 2.05) is 25.1 Å². The number of benzene rings is 3. The zero-order valence-corrected chi connectivity index (χ0v) is 21.8. The predicted molar refractivity (Wildman–Crippen MR) is 143 cm³/mol. The Morgan fingerprint density at radius 3 is 2.37 bits per heavy atom. The summed E-state index contributed by atoms with van der Waals surface area (Å²) >= 11 is 3.28. The molecular formula is C28H22N2O6S2. The first-order valence-electron chi connectivity index (χ1n) is 12.0. The van der Waals surface area contributed by atoms with Crippen molar-refractivity contribution in [1.29, 1.82) is 0 Å². The highest BCUT2D eigenvalue weighted by Gasteiger charge is 2.54. The Labute approximate surface area is 226 Å². The van der Waals surface area contributed by atoms with Crippen LogP contribution in [0.1, 0.15) is 34.0 Å². The first-order chi connectivity index (χ1) is 18.3. The van der Waals surface area contributed by atoms with Crippen LogP contribution in [0.2, 0.25) is 0 Å². The Morgan fingerprint density at radius 1 is 1.03 bits per heavy atom. The summed E-state index contributed by atoms with van der Waals surface area (Å²) in [6, 6.07) is 14.7. The molecular weight excluding hydrogens is 524 g/mol. The predicted octanol–water partition coefficient (Wildman–Crippen LogP) is 4.27. The lowest BCUT2D eigenvalue weighted by Crippen LogP contribution is -2.67. The molecule has 1 fully saturated rings. The maximum absolute atomic E-state index is 13.3. The van der Waals surface area contributed by atoms with Crippen LogP contribution in [-0.2, 0) is 15.1 Å². The average Bonchev–Trinajstić information content (AvgIpc) is 3.18. The second-order valence-corrected chi connectivity index (χ2v) is 11.8. The molecule has 0 radical (unpaired) electrons. The lowest BCUT2D eigenvalue weighted by Gasteiger charge is -2.48. The number of carbonyl (C=O) groups is 2. The number of thioether (sulfide) groups is 2. The van der Waals surface area contributed by atoms with Crippen LogP contribution in [-0.4, -0.2) is 49.9 Å². The number of nitrogens with two attached hydrogens (primary N) is 1. The van der Waals surface area contributed by atoms with Crippen molar-refractivity contribution in [1.82, 2.24) is 4.90 Å². The molecule has 2 atom stereocenters. The van der Waals surface area contributed by atoms with E-state index in [1.165, 1.54) is 29.8 Å². The third kappa shape index (κ3) is 3.17. The fraction of sp³-hybridized carbons (Fsp3) is 0.214. The molecule has 4 aliphatic rings. The van der Waals surface area contributed by atoms with Gasteiger partial charge in [-0.25, -0.2) is 4.79 Å². The SMILES string of the molecule is CC1=C(CSc2ccc3c(c2)C(=O)OC32c3ccc(O)cc3Oc3cc(O)ccc32)CSC2C(N)C(=O)N12. The maximum atomic E-state index is 13.3. The van der Waals surface area contributed by atoms with Gasteiger partial charge in [0.2, 0.25) is 5.91 Å². The van der Waals surface area contributed by atoms with Crippen molar-refractivity contribution in [3.05, 3.63) is 88.1 Å². The van der Waals surface area contributed by atoms with Crippen molar-refractivity contribution in [3.63, 3.8) is 0 Å². The number of esters is 1. The van der Waals surface area contributed by atoms with Gasteiger partial charge in [-0.15, -0.1) is 23.5 Å². The first kappa shape index (κ1) is 23.5. The van der Waals surface area contributed by atoms with E-state index in [2.05, 4.69) is 0 Å². The van der Waals surface area contributed by atoms with E-state index in [4.69, 9.17) is 15.2 Å². The number of allylic oxidation sites excluding steroid dienone is 1. The van der Waals surface area contributed by atoms with Crippen molar-refractivity contribution < 1.29 is 29.3 Å². The number of aromatic hydroxyl groups is 2. The fourth-order valence-electron chi connectivity index (χ4n) is 5.57. The second kappa shape index (κ2) is 8.20. The Bertz CT molecular complexity index is 1550. The van der Waals surface area contributed by atoms with Crippen molar-refractivity contribution in [3.8, 4) is 23.0 Å². The Balaban J connectivity index is 1.26. The molecule has 38 heavy (non-hydrogen) atoms. The van der Waals surface area contributed by atoms with Crippen LogP contribution in [0.15, 0.2) is 70.8 Å². The third-order valence-electron chi connectivity index (χ3n) is 7.54. The monoisotopic (exact) mass is 546 g/mol. The van der Waals surface area contributed by atoms with Crippen LogP contribution in [0.25, 0.3) is 0 Å². The van der Waals surface area contributed by atoms with Crippen LogP contribution in [0.5, 0.6) is 23.0 Å². The molecule has 4 heterocycles. The molecule has 0 aliphatic carbocycles. The highest BCUT2D eigenvalue weighted by atomic mass is 32.2. The maximum Gasteiger partial charge on any atom is 0.340 e. The summed E-state index contributed by atoms with van der Waals surface area (Å²) in [7, 11) is 0. The zero-order chi connectivity index (χ0) is 26.3. The minimum Gasteiger partial charge on any atom is -0.508 e. The van der Waals surface area contributed by atoms with E-state index in [9.17, 15) is 19.8 Å². The summed E-state index contributed by atoms with van der Waals surface area (Å²) < 4.78 is 12.1. The summed E-state index contributed by atoms with van der Waals surface area (Å²) in [6.45, 7) is 1.96. The van der Waals surface area contributed by atoms with Crippen molar-refractivity contribution in [2.75, 3.05) is 11.5 Å². The van der Waals surface area contributed by atoms with Crippen LogP contribution in [0, 0.1) is 0 Å². The van der Waals surface area contributed by atoms with Crippen LogP contribution >= 0.6 is 23.5 Å². The summed E-state index contributed by atoms with van der Waals surface area (Å²) in [4.78, 5) is 28.2. The quantitative estimate of drug-likeness (QED) is 0.251. The van der Waals surface area contributed by atoms with Gasteiger partial charge in [-0.1, -0.05) is 6.07 Å². The van der Waals surface area contributed by atoms with E-state index in [0.29, 0.717) is 39.5 Å². The van der Waals surface area contributed by atoms with Crippen LogP contribution < -0.4 is 10.5 Å². The van der Waals surface area contributed by atoms with Gasteiger partial charge in [0.15, 0.2) is 5.60 Å². The van der Waals surface area contributed by atoms with Gasteiger partial charge in [0.25, 0.3) is 0 Å². The van der Waals surface area contributed by atoms with Crippen molar-refractivity contribution in [2.24, 2.45) is 5.73 Å². The molecule has 4 N–H and O–H groups in total. The number of rotatable bonds is 3. The average molecular weight is 547 g/mol. The lowest BCUT2D eigenvalue weighted by atomic mass is 9.77. The fourth-order valence-corrected chi connectivity index (χ4v) is 8.14. The smallest absolute Gasteiger partial charge is 0.340 e.